The number of aliphatic hydroxyl groups excluding tert-OH is 4. The highest BCUT2D eigenvalue weighted by atomic mass is 16.3. The lowest BCUT2D eigenvalue weighted by molar-refractivity contribution is -0.132. The molecular formula is C36H71NO5. The molecule has 5 N–H and O–H groups in total. The number of unbranched alkanes of at least 4 members (excludes halogenated alkanes) is 21. The molecule has 42 heavy (non-hydrogen) atoms. The van der Waals surface area contributed by atoms with Crippen LogP contribution in [0.25, 0.3) is 0 Å². The molecule has 0 bridgehead atoms. The van der Waals surface area contributed by atoms with Gasteiger partial charge in [-0.05, 0) is 38.5 Å². The first-order chi connectivity index (χ1) is 20.5. The number of allylic oxidation sites excluding steroid dienone is 2. The number of hydrogen-bond donors (Lipinski definition) is 5. The summed E-state index contributed by atoms with van der Waals surface area (Å²) in [5.74, 6) is -0.595. The lowest BCUT2D eigenvalue weighted by Crippen LogP contribution is -2.53. The number of carbonyl (C=O) groups is 1. The average Bonchev–Trinajstić information content (AvgIpc) is 2.99. The van der Waals surface area contributed by atoms with Gasteiger partial charge >= 0.3 is 0 Å². The van der Waals surface area contributed by atoms with E-state index in [0.717, 1.165) is 38.5 Å². The molecule has 0 rings (SSSR count). The summed E-state index contributed by atoms with van der Waals surface area (Å²) in [7, 11) is 0. The monoisotopic (exact) mass is 598 g/mol. The van der Waals surface area contributed by atoms with Crippen LogP contribution < -0.4 is 5.32 Å². The standard InChI is InChI=1S/C36H71NO5/c1-3-5-7-9-11-13-14-15-16-17-18-19-20-21-22-24-26-28-30-34(40)36(42)37-32(31-38)35(41)33(39)29-27-25-23-12-10-8-6-4-2/h12,23,32-35,38-41H,3-11,13-22,24-31H2,1-2H3,(H,37,42)/b23-12+/t32-,33+,34+,35-/m0/s1. The van der Waals surface area contributed by atoms with Crippen molar-refractivity contribution in [3.63, 3.8) is 0 Å². The SMILES string of the molecule is CCCCC/C=C/CCC[C@@H](O)[C@@H](O)[C@H](CO)NC(=O)[C@H](O)CCCCCCCCCCCCCCCCCCCC. The topological polar surface area (TPSA) is 110 Å². The molecule has 6 heteroatoms. The molecule has 0 saturated heterocycles. The summed E-state index contributed by atoms with van der Waals surface area (Å²) in [4.78, 5) is 12.4. The number of nitrogens with one attached hydrogen (secondary N) is 1. The van der Waals surface area contributed by atoms with Gasteiger partial charge in [0.1, 0.15) is 12.2 Å². The van der Waals surface area contributed by atoms with E-state index >= 15 is 0 Å². The van der Waals surface area contributed by atoms with E-state index in [2.05, 4.69) is 31.3 Å². The maximum Gasteiger partial charge on any atom is 0.249 e. The first-order valence-corrected chi connectivity index (χ1v) is 18.1. The van der Waals surface area contributed by atoms with Gasteiger partial charge in [-0.3, -0.25) is 4.79 Å². The molecule has 0 unspecified atom stereocenters. The van der Waals surface area contributed by atoms with Crippen LogP contribution in [0.15, 0.2) is 12.2 Å². The third-order valence-electron chi connectivity index (χ3n) is 8.48. The van der Waals surface area contributed by atoms with E-state index < -0.39 is 36.9 Å². The Morgan fingerprint density at radius 2 is 0.976 bits per heavy atom. The van der Waals surface area contributed by atoms with Crippen LogP contribution in [0.1, 0.15) is 181 Å². The molecule has 0 aromatic rings. The van der Waals surface area contributed by atoms with Gasteiger partial charge in [-0.1, -0.05) is 154 Å². The zero-order chi connectivity index (χ0) is 31.1. The molecule has 0 saturated carbocycles. The first-order valence-electron chi connectivity index (χ1n) is 18.1. The smallest absolute Gasteiger partial charge is 0.249 e. The molecule has 0 aliphatic rings. The summed E-state index contributed by atoms with van der Waals surface area (Å²) >= 11 is 0. The second kappa shape index (κ2) is 31.5. The molecule has 0 heterocycles. The highest BCUT2D eigenvalue weighted by Crippen LogP contribution is 2.15. The van der Waals surface area contributed by atoms with Crippen molar-refractivity contribution in [2.45, 2.75) is 205 Å². The largest absolute Gasteiger partial charge is 0.394 e. The number of aliphatic hydroxyl groups is 4. The summed E-state index contributed by atoms with van der Waals surface area (Å²) in [6.45, 7) is 3.96. The molecule has 0 fully saturated rings. The Morgan fingerprint density at radius 3 is 1.43 bits per heavy atom. The molecule has 0 aromatic carbocycles. The molecule has 0 aromatic heterocycles. The van der Waals surface area contributed by atoms with E-state index in [1.54, 1.807) is 0 Å². The second-order valence-electron chi connectivity index (χ2n) is 12.6. The number of rotatable bonds is 32. The minimum atomic E-state index is -1.27. The predicted molar refractivity (Wildman–Crippen MR) is 178 cm³/mol. The highest BCUT2D eigenvalue weighted by molar-refractivity contribution is 5.80. The van der Waals surface area contributed by atoms with Gasteiger partial charge in [0.05, 0.1) is 18.8 Å². The Hall–Kier alpha value is -0.950. The predicted octanol–water partition coefficient (Wildman–Crippen LogP) is 8.28. The summed E-state index contributed by atoms with van der Waals surface area (Å²) in [5, 5.41) is 43.2. The fourth-order valence-electron chi connectivity index (χ4n) is 5.52. The van der Waals surface area contributed by atoms with Gasteiger partial charge in [0, 0.05) is 0 Å². The Kier molecular flexibility index (Phi) is 30.8. The maximum absolute atomic E-state index is 12.4. The molecular weight excluding hydrogens is 526 g/mol. The number of amides is 1. The van der Waals surface area contributed by atoms with Crippen molar-refractivity contribution in [2.75, 3.05) is 6.61 Å². The van der Waals surface area contributed by atoms with Gasteiger partial charge in [0.15, 0.2) is 0 Å². The zero-order valence-corrected chi connectivity index (χ0v) is 27.8. The van der Waals surface area contributed by atoms with Gasteiger partial charge in [0.25, 0.3) is 0 Å². The Morgan fingerprint density at radius 1 is 0.571 bits per heavy atom. The molecule has 0 aliphatic carbocycles. The van der Waals surface area contributed by atoms with Crippen molar-refractivity contribution >= 4 is 5.91 Å². The van der Waals surface area contributed by atoms with Crippen molar-refractivity contribution < 1.29 is 25.2 Å². The lowest BCUT2D eigenvalue weighted by atomic mass is 10.00. The zero-order valence-electron chi connectivity index (χ0n) is 27.8. The van der Waals surface area contributed by atoms with E-state index in [4.69, 9.17) is 0 Å². The number of carbonyl (C=O) groups excluding carboxylic acids is 1. The van der Waals surface area contributed by atoms with Crippen LogP contribution in [-0.2, 0) is 4.79 Å². The van der Waals surface area contributed by atoms with Gasteiger partial charge in [0.2, 0.25) is 5.91 Å². The Labute approximate surface area is 260 Å². The van der Waals surface area contributed by atoms with Crippen molar-refractivity contribution in [1.29, 1.82) is 0 Å². The lowest BCUT2D eigenvalue weighted by Gasteiger charge is -2.27. The molecule has 4 atom stereocenters. The van der Waals surface area contributed by atoms with E-state index in [1.807, 2.05) is 0 Å². The van der Waals surface area contributed by atoms with Crippen LogP contribution in [0.5, 0.6) is 0 Å². The van der Waals surface area contributed by atoms with E-state index in [0.29, 0.717) is 12.8 Å². The summed E-state index contributed by atoms with van der Waals surface area (Å²) in [5.41, 5.74) is 0. The summed E-state index contributed by atoms with van der Waals surface area (Å²) in [6.07, 6.45) is 31.1. The molecule has 0 radical (unpaired) electrons. The van der Waals surface area contributed by atoms with E-state index in [1.165, 1.54) is 116 Å². The molecule has 0 aliphatic heterocycles. The van der Waals surface area contributed by atoms with Crippen LogP contribution in [0, 0.1) is 0 Å². The molecule has 250 valence electrons. The van der Waals surface area contributed by atoms with Crippen LogP contribution >= 0.6 is 0 Å². The van der Waals surface area contributed by atoms with Crippen molar-refractivity contribution in [3.05, 3.63) is 12.2 Å². The molecule has 6 nitrogen and oxygen atoms in total. The van der Waals surface area contributed by atoms with Crippen LogP contribution in [0.3, 0.4) is 0 Å². The Bertz CT molecular complexity index is 599. The fourth-order valence-corrected chi connectivity index (χ4v) is 5.52. The van der Waals surface area contributed by atoms with Crippen LogP contribution in [0.2, 0.25) is 0 Å². The minimum absolute atomic E-state index is 0.367. The molecule has 1 amide bonds. The quantitative estimate of drug-likeness (QED) is 0.0396. The normalized spacial score (nSPS) is 14.7. The second-order valence-corrected chi connectivity index (χ2v) is 12.6. The van der Waals surface area contributed by atoms with Gasteiger partial charge in [-0.2, -0.15) is 0 Å². The van der Waals surface area contributed by atoms with Gasteiger partial charge in [-0.15, -0.1) is 0 Å². The highest BCUT2D eigenvalue weighted by Gasteiger charge is 2.28. The maximum atomic E-state index is 12.4. The third kappa shape index (κ3) is 25.5. The van der Waals surface area contributed by atoms with Crippen molar-refractivity contribution in [1.82, 2.24) is 5.32 Å². The van der Waals surface area contributed by atoms with Crippen LogP contribution in [-0.4, -0.2) is 57.3 Å². The summed E-state index contributed by atoms with van der Waals surface area (Å²) in [6, 6.07) is -0.993. The van der Waals surface area contributed by atoms with Crippen molar-refractivity contribution in [2.24, 2.45) is 0 Å². The average molecular weight is 598 g/mol. The van der Waals surface area contributed by atoms with Gasteiger partial charge in [-0.25, -0.2) is 0 Å². The van der Waals surface area contributed by atoms with Crippen LogP contribution in [0.4, 0.5) is 0 Å². The Balaban J connectivity index is 3.75. The van der Waals surface area contributed by atoms with E-state index in [-0.39, 0.29) is 0 Å². The summed E-state index contributed by atoms with van der Waals surface area (Å²) < 4.78 is 0. The number of hydrogen-bond acceptors (Lipinski definition) is 5. The van der Waals surface area contributed by atoms with E-state index in [9.17, 15) is 25.2 Å². The third-order valence-corrected chi connectivity index (χ3v) is 8.48. The van der Waals surface area contributed by atoms with Crippen molar-refractivity contribution in [3.8, 4) is 0 Å². The fraction of sp³-hybridized carbons (Fsp3) is 0.917. The first kappa shape index (κ1) is 41.0. The molecule has 0 spiro atoms. The minimum Gasteiger partial charge on any atom is -0.394 e. The van der Waals surface area contributed by atoms with Gasteiger partial charge < -0.3 is 25.7 Å².